The zero-order valence-electron chi connectivity index (χ0n) is 15.5. The minimum absolute atomic E-state index is 0.161. The highest BCUT2D eigenvalue weighted by Gasteiger charge is 2.21. The molecule has 0 aromatic heterocycles. The van der Waals surface area contributed by atoms with Gasteiger partial charge in [0.05, 0.1) is 10.6 Å². The zero-order valence-corrected chi connectivity index (χ0v) is 16.3. The molecule has 0 aliphatic carbocycles. The Kier molecular flexibility index (Phi) is 6.57. The highest BCUT2D eigenvalue weighted by Crippen LogP contribution is 2.22. The van der Waals surface area contributed by atoms with Crippen molar-refractivity contribution in [2.75, 3.05) is 24.4 Å². The third-order valence-electron chi connectivity index (χ3n) is 3.96. The highest BCUT2D eigenvalue weighted by molar-refractivity contribution is 7.92. The Morgan fingerprint density at radius 3 is 2.04 bits per heavy atom. The Morgan fingerprint density at radius 1 is 0.926 bits per heavy atom. The van der Waals surface area contributed by atoms with E-state index in [9.17, 15) is 18.0 Å². The van der Waals surface area contributed by atoms with Crippen molar-refractivity contribution in [3.05, 3.63) is 59.7 Å². The van der Waals surface area contributed by atoms with E-state index in [1.807, 2.05) is 6.92 Å². The smallest absolute Gasteiger partial charge is 0.264 e. The van der Waals surface area contributed by atoms with Crippen LogP contribution in [0.4, 0.5) is 5.69 Å². The summed E-state index contributed by atoms with van der Waals surface area (Å²) in [7, 11) is -2.21. The number of amides is 2. The van der Waals surface area contributed by atoms with Gasteiger partial charge in [-0.05, 0) is 43.3 Å². The summed E-state index contributed by atoms with van der Waals surface area (Å²) in [6, 6.07) is 12.9. The Balaban J connectivity index is 2.06. The molecule has 0 fully saturated rings. The molecule has 8 heteroatoms. The van der Waals surface area contributed by atoms with Crippen molar-refractivity contribution in [1.29, 1.82) is 0 Å². The number of hydrogen-bond acceptors (Lipinski definition) is 4. The van der Waals surface area contributed by atoms with Gasteiger partial charge < -0.3 is 10.6 Å². The van der Waals surface area contributed by atoms with Crippen LogP contribution in [0.2, 0.25) is 0 Å². The molecule has 0 saturated carbocycles. The van der Waals surface area contributed by atoms with E-state index in [1.54, 1.807) is 48.5 Å². The van der Waals surface area contributed by atoms with Crippen molar-refractivity contribution in [2.24, 2.45) is 0 Å². The van der Waals surface area contributed by atoms with Gasteiger partial charge in [0, 0.05) is 32.6 Å². The summed E-state index contributed by atoms with van der Waals surface area (Å²) < 4.78 is 26.6. The van der Waals surface area contributed by atoms with Crippen LogP contribution >= 0.6 is 0 Å². The van der Waals surface area contributed by atoms with E-state index >= 15 is 0 Å². The summed E-state index contributed by atoms with van der Waals surface area (Å²) in [4.78, 5) is 23.1. The van der Waals surface area contributed by atoms with Gasteiger partial charge in [-0.2, -0.15) is 0 Å². The second kappa shape index (κ2) is 8.68. The molecule has 0 saturated heterocycles. The lowest BCUT2D eigenvalue weighted by molar-refractivity contribution is -0.118. The molecular formula is C19H23N3O4S. The molecule has 2 aromatic carbocycles. The van der Waals surface area contributed by atoms with Gasteiger partial charge in [-0.3, -0.25) is 13.9 Å². The summed E-state index contributed by atoms with van der Waals surface area (Å²) in [5.41, 5.74) is 1.83. The third-order valence-corrected chi connectivity index (χ3v) is 5.76. The maximum Gasteiger partial charge on any atom is 0.264 e. The second-order valence-electron chi connectivity index (χ2n) is 6.07. The molecule has 0 bridgehead atoms. The van der Waals surface area contributed by atoms with Crippen molar-refractivity contribution in [1.82, 2.24) is 10.6 Å². The molecule has 0 aliphatic heterocycles. The predicted octanol–water partition coefficient (Wildman–Crippen LogP) is 1.69. The lowest BCUT2D eigenvalue weighted by Crippen LogP contribution is -2.33. The first-order valence-corrected chi connectivity index (χ1v) is 9.84. The first-order valence-electron chi connectivity index (χ1n) is 8.40. The summed E-state index contributed by atoms with van der Waals surface area (Å²) >= 11 is 0. The summed E-state index contributed by atoms with van der Waals surface area (Å²) in [6.07, 6.45) is 0. The highest BCUT2D eigenvalue weighted by atomic mass is 32.2. The molecule has 0 spiro atoms. The van der Waals surface area contributed by atoms with Crippen molar-refractivity contribution in [3.63, 3.8) is 0 Å². The van der Waals surface area contributed by atoms with Crippen LogP contribution in [0.1, 0.15) is 22.8 Å². The average Bonchev–Trinajstić information content (AvgIpc) is 2.64. The molecule has 0 unspecified atom stereocenters. The number of benzene rings is 2. The lowest BCUT2D eigenvalue weighted by Gasteiger charge is -2.20. The Bertz CT molecular complexity index is 907. The van der Waals surface area contributed by atoms with Gasteiger partial charge in [0.15, 0.2) is 0 Å². The van der Waals surface area contributed by atoms with Crippen LogP contribution in [0.3, 0.4) is 0 Å². The molecule has 2 N–H and O–H groups in total. The second-order valence-corrected chi connectivity index (χ2v) is 8.04. The number of anilines is 1. The average molecular weight is 389 g/mol. The fourth-order valence-electron chi connectivity index (χ4n) is 2.35. The molecule has 2 amide bonds. The van der Waals surface area contributed by atoms with Crippen LogP contribution in [-0.4, -0.2) is 40.4 Å². The topological polar surface area (TPSA) is 95.6 Å². The molecule has 144 valence electrons. The van der Waals surface area contributed by atoms with E-state index in [4.69, 9.17) is 0 Å². The van der Waals surface area contributed by atoms with Crippen LogP contribution < -0.4 is 14.9 Å². The Hall–Kier alpha value is -2.87. The van der Waals surface area contributed by atoms with E-state index in [1.165, 1.54) is 18.3 Å². The van der Waals surface area contributed by atoms with Gasteiger partial charge in [0.2, 0.25) is 5.91 Å². The van der Waals surface area contributed by atoms with Crippen molar-refractivity contribution in [3.8, 4) is 0 Å². The number of nitrogens with one attached hydrogen (secondary N) is 2. The Morgan fingerprint density at radius 2 is 1.48 bits per heavy atom. The van der Waals surface area contributed by atoms with E-state index in [2.05, 4.69) is 10.6 Å². The minimum Gasteiger partial charge on any atom is -0.355 e. The quantitative estimate of drug-likeness (QED) is 0.705. The van der Waals surface area contributed by atoms with Crippen molar-refractivity contribution >= 4 is 27.5 Å². The standard InChI is InChI=1S/C19H23N3O4S/c1-14-4-10-18(11-5-14)27(25,26)22(3)17-8-6-16(7-9-17)19(24)21-13-12-20-15(2)23/h4-11H,12-13H2,1-3H3,(H,20,23)(H,21,24). The third kappa shape index (κ3) is 5.30. The van der Waals surface area contributed by atoms with Crippen LogP contribution in [0.25, 0.3) is 0 Å². The van der Waals surface area contributed by atoms with E-state index in [0.717, 1.165) is 5.56 Å². The van der Waals surface area contributed by atoms with Gasteiger partial charge in [0.25, 0.3) is 15.9 Å². The molecule has 2 rings (SSSR count). The van der Waals surface area contributed by atoms with Crippen molar-refractivity contribution in [2.45, 2.75) is 18.7 Å². The van der Waals surface area contributed by atoms with Gasteiger partial charge in [-0.1, -0.05) is 17.7 Å². The SMILES string of the molecule is CC(=O)NCCNC(=O)c1ccc(N(C)S(=O)(=O)c2ccc(C)cc2)cc1. The van der Waals surface area contributed by atoms with Gasteiger partial charge in [-0.15, -0.1) is 0 Å². The normalized spacial score (nSPS) is 10.9. The fraction of sp³-hybridized carbons (Fsp3) is 0.263. The van der Waals surface area contributed by atoms with Gasteiger partial charge in [-0.25, -0.2) is 8.42 Å². The molecule has 7 nitrogen and oxygen atoms in total. The maximum absolute atomic E-state index is 12.7. The molecular weight excluding hydrogens is 366 g/mol. The molecule has 0 aliphatic rings. The largest absolute Gasteiger partial charge is 0.355 e. The zero-order chi connectivity index (χ0) is 20.0. The number of nitrogens with zero attached hydrogens (tertiary/aromatic N) is 1. The molecule has 2 aromatic rings. The molecule has 27 heavy (non-hydrogen) atoms. The molecule has 0 radical (unpaired) electrons. The molecule has 0 heterocycles. The maximum atomic E-state index is 12.7. The van der Waals surface area contributed by atoms with Crippen LogP contribution in [0, 0.1) is 6.92 Å². The summed E-state index contributed by atoms with van der Waals surface area (Å²) in [5.74, 6) is -0.456. The summed E-state index contributed by atoms with van der Waals surface area (Å²) in [5, 5.41) is 5.26. The fourth-order valence-corrected chi connectivity index (χ4v) is 3.54. The monoisotopic (exact) mass is 389 g/mol. The molecule has 0 atom stereocenters. The number of carbonyl (C=O) groups excluding carboxylic acids is 2. The van der Waals surface area contributed by atoms with Gasteiger partial charge in [0.1, 0.15) is 0 Å². The van der Waals surface area contributed by atoms with Crippen LogP contribution in [0.5, 0.6) is 0 Å². The first-order chi connectivity index (χ1) is 12.7. The number of carbonyl (C=O) groups is 2. The number of aryl methyl sites for hydroxylation is 1. The van der Waals surface area contributed by atoms with E-state index in [0.29, 0.717) is 24.3 Å². The van der Waals surface area contributed by atoms with Crippen LogP contribution in [-0.2, 0) is 14.8 Å². The van der Waals surface area contributed by atoms with Crippen molar-refractivity contribution < 1.29 is 18.0 Å². The predicted molar refractivity (Wildman–Crippen MR) is 104 cm³/mol. The minimum atomic E-state index is -3.68. The van der Waals surface area contributed by atoms with E-state index < -0.39 is 10.0 Å². The lowest BCUT2D eigenvalue weighted by atomic mass is 10.2. The van der Waals surface area contributed by atoms with E-state index in [-0.39, 0.29) is 16.7 Å². The number of sulfonamides is 1. The number of rotatable bonds is 7. The summed E-state index contributed by atoms with van der Waals surface area (Å²) in [6.45, 7) is 3.94. The van der Waals surface area contributed by atoms with Gasteiger partial charge >= 0.3 is 0 Å². The Labute approximate surface area is 159 Å². The number of hydrogen-bond donors (Lipinski definition) is 2. The first kappa shape index (κ1) is 20.4. The van der Waals surface area contributed by atoms with Crippen LogP contribution in [0.15, 0.2) is 53.4 Å².